The van der Waals surface area contributed by atoms with Crippen LogP contribution in [0.5, 0.6) is 0 Å². The third-order valence-corrected chi connectivity index (χ3v) is 4.02. The summed E-state index contributed by atoms with van der Waals surface area (Å²) in [5.74, 6) is -0.872. The van der Waals surface area contributed by atoms with Gasteiger partial charge >= 0.3 is 5.97 Å². The lowest BCUT2D eigenvalue weighted by Crippen LogP contribution is -2.11. The van der Waals surface area contributed by atoms with Gasteiger partial charge in [-0.3, -0.25) is 4.79 Å². The number of hydrogen-bond donors (Lipinski definition) is 1. The topological polar surface area (TPSA) is 80.1 Å². The molecule has 1 amide bonds. The highest BCUT2D eigenvalue weighted by atomic mass is 16.7. The van der Waals surface area contributed by atoms with Gasteiger partial charge in [0.15, 0.2) is 0 Å². The van der Waals surface area contributed by atoms with E-state index >= 15 is 0 Å². The van der Waals surface area contributed by atoms with Crippen LogP contribution in [0.2, 0.25) is 0 Å². The van der Waals surface area contributed by atoms with E-state index in [4.69, 9.17) is 4.84 Å². The number of benzene rings is 3. The zero-order chi connectivity index (χ0) is 19.9. The van der Waals surface area contributed by atoms with Gasteiger partial charge in [-0.1, -0.05) is 35.9 Å². The van der Waals surface area contributed by atoms with Crippen molar-refractivity contribution in [1.82, 2.24) is 0 Å². The van der Waals surface area contributed by atoms with E-state index in [0.717, 1.165) is 11.1 Å². The molecule has 0 atom stereocenters. The molecule has 1 N–H and O–H groups in total. The Morgan fingerprint density at radius 1 is 0.893 bits per heavy atom. The van der Waals surface area contributed by atoms with E-state index in [-0.39, 0.29) is 0 Å². The molecule has 0 saturated carbocycles. The molecule has 0 spiro atoms. The highest BCUT2D eigenvalue weighted by molar-refractivity contribution is 5.94. The molecule has 0 aliphatic carbocycles. The first-order valence-electron chi connectivity index (χ1n) is 8.68. The van der Waals surface area contributed by atoms with Crippen LogP contribution >= 0.6 is 0 Å². The van der Waals surface area contributed by atoms with E-state index in [2.05, 4.69) is 15.7 Å². The van der Waals surface area contributed by atoms with E-state index in [1.165, 1.54) is 0 Å². The Balaban J connectivity index is 1.58. The second-order valence-corrected chi connectivity index (χ2v) is 6.23. The number of azo groups is 1. The summed E-state index contributed by atoms with van der Waals surface area (Å²) in [5, 5.41) is 7.69. The molecule has 0 aliphatic rings. The van der Waals surface area contributed by atoms with Crippen LogP contribution in [-0.2, 0) is 4.84 Å². The molecule has 3 rings (SSSR count). The summed E-state index contributed by atoms with van der Waals surface area (Å²) in [6.07, 6.45) is 0. The minimum atomic E-state index is -0.467. The van der Waals surface area contributed by atoms with Crippen molar-refractivity contribution in [3.05, 3.63) is 95.1 Å². The molecule has 0 saturated heterocycles. The van der Waals surface area contributed by atoms with Gasteiger partial charge in [0.25, 0.3) is 5.91 Å². The van der Waals surface area contributed by atoms with Crippen molar-refractivity contribution in [3.63, 3.8) is 0 Å². The lowest BCUT2D eigenvalue weighted by atomic mass is 10.1. The van der Waals surface area contributed by atoms with Crippen LogP contribution in [0.1, 0.15) is 31.8 Å². The van der Waals surface area contributed by atoms with Gasteiger partial charge < -0.3 is 4.84 Å². The minimum Gasteiger partial charge on any atom is -0.338 e. The molecule has 140 valence electrons. The smallest absolute Gasteiger partial charge is 0.338 e. The highest BCUT2D eigenvalue weighted by Crippen LogP contribution is 2.18. The van der Waals surface area contributed by atoms with Gasteiger partial charge in [-0.2, -0.15) is 0 Å². The molecule has 3 aromatic rings. The fraction of sp³-hybridized carbons (Fsp3) is 0.0909. The summed E-state index contributed by atoms with van der Waals surface area (Å²) in [4.78, 5) is 29.2. The number of anilines is 1. The maximum atomic E-state index is 12.1. The summed E-state index contributed by atoms with van der Waals surface area (Å²) in [6.45, 7) is 3.75. The molecular weight excluding hydrogens is 354 g/mol. The molecule has 0 unspecified atom stereocenters. The Morgan fingerprint density at radius 3 is 2.36 bits per heavy atom. The first-order valence-corrected chi connectivity index (χ1v) is 8.68. The Labute approximate surface area is 162 Å². The van der Waals surface area contributed by atoms with Crippen molar-refractivity contribution in [2.24, 2.45) is 10.2 Å². The lowest BCUT2D eigenvalue weighted by Gasteiger charge is -2.08. The standard InChI is InChI=1S/C22H19N3O3/c1-15-6-5-8-17(14-15)21(26)24-23-18-10-12-19(13-11-18)25-28-22(27)20-9-4-3-7-16(20)2/h3-14,25H,1-2H3. The zero-order valence-corrected chi connectivity index (χ0v) is 15.5. The first kappa shape index (κ1) is 19.0. The second kappa shape index (κ2) is 8.73. The Hall–Kier alpha value is -3.80. The number of aryl methyl sites for hydroxylation is 2. The van der Waals surface area contributed by atoms with Crippen molar-refractivity contribution in [3.8, 4) is 0 Å². The number of amides is 1. The van der Waals surface area contributed by atoms with Gasteiger partial charge in [0.1, 0.15) is 0 Å². The van der Waals surface area contributed by atoms with Crippen LogP contribution in [0.3, 0.4) is 0 Å². The molecule has 0 bridgehead atoms. The van der Waals surface area contributed by atoms with Crippen molar-refractivity contribution >= 4 is 23.3 Å². The maximum absolute atomic E-state index is 12.1. The first-order chi connectivity index (χ1) is 13.5. The van der Waals surface area contributed by atoms with Gasteiger partial charge in [0.05, 0.1) is 16.9 Å². The molecule has 6 nitrogen and oxygen atoms in total. The van der Waals surface area contributed by atoms with Crippen LogP contribution in [0.25, 0.3) is 0 Å². The number of carbonyl (C=O) groups excluding carboxylic acids is 2. The largest absolute Gasteiger partial charge is 0.363 e. The minimum absolute atomic E-state index is 0.405. The van der Waals surface area contributed by atoms with Crippen molar-refractivity contribution in [2.45, 2.75) is 13.8 Å². The van der Waals surface area contributed by atoms with Crippen LogP contribution in [0.15, 0.2) is 83.0 Å². The lowest BCUT2D eigenvalue weighted by molar-refractivity contribution is 0.0595. The van der Waals surface area contributed by atoms with Crippen LogP contribution in [-0.4, -0.2) is 11.9 Å². The van der Waals surface area contributed by atoms with E-state index in [0.29, 0.717) is 22.5 Å². The van der Waals surface area contributed by atoms with E-state index in [1.807, 2.05) is 32.0 Å². The number of nitrogens with zero attached hydrogens (tertiary/aromatic N) is 2. The summed E-state index contributed by atoms with van der Waals surface area (Å²) in [7, 11) is 0. The van der Waals surface area contributed by atoms with E-state index < -0.39 is 11.9 Å². The normalized spacial score (nSPS) is 10.6. The number of hydrogen-bond acceptors (Lipinski definition) is 5. The molecular formula is C22H19N3O3. The van der Waals surface area contributed by atoms with E-state index in [1.54, 1.807) is 54.6 Å². The molecule has 0 heterocycles. The SMILES string of the molecule is Cc1cccc(C(=O)N=Nc2ccc(NOC(=O)c3ccccc3C)cc2)c1. The predicted octanol–water partition coefficient (Wildman–Crippen LogP) is 5.41. The summed E-state index contributed by atoms with van der Waals surface area (Å²) >= 11 is 0. The van der Waals surface area contributed by atoms with Crippen molar-refractivity contribution in [2.75, 3.05) is 5.48 Å². The van der Waals surface area contributed by atoms with Gasteiger partial charge in [-0.05, 0) is 61.9 Å². The van der Waals surface area contributed by atoms with Gasteiger partial charge in [-0.15, -0.1) is 10.2 Å². The fourth-order valence-corrected chi connectivity index (χ4v) is 2.50. The van der Waals surface area contributed by atoms with Crippen LogP contribution < -0.4 is 5.48 Å². The van der Waals surface area contributed by atoms with Crippen LogP contribution in [0, 0.1) is 13.8 Å². The third kappa shape index (κ3) is 4.88. The van der Waals surface area contributed by atoms with Gasteiger partial charge in [0, 0.05) is 5.56 Å². The van der Waals surface area contributed by atoms with Crippen molar-refractivity contribution in [1.29, 1.82) is 0 Å². The number of carbonyl (C=O) groups is 2. The fourth-order valence-electron chi connectivity index (χ4n) is 2.50. The Kier molecular flexibility index (Phi) is 5.91. The zero-order valence-electron chi connectivity index (χ0n) is 15.5. The third-order valence-electron chi connectivity index (χ3n) is 4.02. The number of nitrogens with one attached hydrogen (secondary N) is 1. The maximum Gasteiger partial charge on any atom is 0.363 e. The summed E-state index contributed by atoms with van der Waals surface area (Å²) in [5.41, 5.74) is 6.50. The molecule has 6 heteroatoms. The molecule has 0 radical (unpaired) electrons. The van der Waals surface area contributed by atoms with Gasteiger partial charge in [-0.25, -0.2) is 10.3 Å². The molecule has 0 aromatic heterocycles. The Morgan fingerprint density at radius 2 is 1.64 bits per heavy atom. The van der Waals surface area contributed by atoms with E-state index in [9.17, 15) is 9.59 Å². The Bertz CT molecular complexity index is 1030. The summed E-state index contributed by atoms with van der Waals surface area (Å²) in [6, 6.07) is 21.0. The van der Waals surface area contributed by atoms with Crippen molar-refractivity contribution < 1.29 is 14.4 Å². The molecule has 28 heavy (non-hydrogen) atoms. The quantitative estimate of drug-likeness (QED) is 0.479. The van der Waals surface area contributed by atoms with Gasteiger partial charge in [0.2, 0.25) is 0 Å². The monoisotopic (exact) mass is 373 g/mol. The molecule has 0 aliphatic heterocycles. The number of rotatable bonds is 5. The predicted molar refractivity (Wildman–Crippen MR) is 107 cm³/mol. The molecule has 0 fully saturated rings. The average Bonchev–Trinajstić information content (AvgIpc) is 2.71. The molecule has 3 aromatic carbocycles. The second-order valence-electron chi connectivity index (χ2n) is 6.23. The summed E-state index contributed by atoms with van der Waals surface area (Å²) < 4.78 is 0. The van der Waals surface area contributed by atoms with Crippen LogP contribution in [0.4, 0.5) is 11.4 Å². The average molecular weight is 373 g/mol. The highest BCUT2D eigenvalue weighted by Gasteiger charge is 2.10.